The van der Waals surface area contributed by atoms with E-state index in [0.717, 1.165) is 5.56 Å². The molecule has 0 radical (unpaired) electrons. The Morgan fingerprint density at radius 1 is 1.10 bits per heavy atom. The van der Waals surface area contributed by atoms with E-state index in [-0.39, 0.29) is 60.8 Å². The fraction of sp³-hybridized carbons (Fsp3) is 0.565. The predicted molar refractivity (Wildman–Crippen MR) is 112 cm³/mol. The number of hydrogen-bond donors (Lipinski definition) is 1. The molecule has 2 heterocycles. The van der Waals surface area contributed by atoms with Gasteiger partial charge in [-0.1, -0.05) is 30.3 Å². The van der Waals surface area contributed by atoms with E-state index in [1.807, 2.05) is 42.2 Å². The molecule has 1 aromatic carbocycles. The van der Waals surface area contributed by atoms with E-state index in [9.17, 15) is 19.2 Å². The minimum atomic E-state index is -0.301. The summed E-state index contributed by atoms with van der Waals surface area (Å²) in [5.41, 5.74) is 1.07. The van der Waals surface area contributed by atoms with Crippen molar-refractivity contribution < 1.29 is 19.2 Å². The van der Waals surface area contributed by atoms with Crippen LogP contribution in [0.15, 0.2) is 30.3 Å². The number of likely N-dealkylation sites (tertiary alicyclic amines) is 2. The molecule has 1 aromatic rings. The van der Waals surface area contributed by atoms with Gasteiger partial charge in [0.05, 0.1) is 12.0 Å². The molecular formula is C23H31N3O4. The Morgan fingerprint density at radius 3 is 2.40 bits per heavy atom. The van der Waals surface area contributed by atoms with Gasteiger partial charge in [0.1, 0.15) is 5.78 Å². The molecule has 162 valence electrons. The van der Waals surface area contributed by atoms with E-state index in [4.69, 9.17) is 0 Å². The molecular weight excluding hydrogens is 382 g/mol. The highest BCUT2D eigenvalue weighted by atomic mass is 16.2. The van der Waals surface area contributed by atoms with Crippen LogP contribution in [0.4, 0.5) is 0 Å². The zero-order valence-corrected chi connectivity index (χ0v) is 17.8. The maximum absolute atomic E-state index is 13.0. The lowest BCUT2D eigenvalue weighted by Gasteiger charge is -2.34. The maximum Gasteiger partial charge on any atom is 0.227 e. The van der Waals surface area contributed by atoms with Crippen LogP contribution in [0, 0.1) is 5.92 Å². The van der Waals surface area contributed by atoms with Crippen LogP contribution in [0.1, 0.15) is 57.6 Å². The maximum atomic E-state index is 13.0. The van der Waals surface area contributed by atoms with Crippen molar-refractivity contribution in [3.63, 3.8) is 0 Å². The summed E-state index contributed by atoms with van der Waals surface area (Å²) in [5.74, 6) is -0.343. The van der Waals surface area contributed by atoms with Crippen molar-refractivity contribution in [3.05, 3.63) is 35.9 Å². The number of hydrogen-bond acceptors (Lipinski definition) is 4. The van der Waals surface area contributed by atoms with Crippen molar-refractivity contribution in [1.82, 2.24) is 15.1 Å². The number of ketones is 1. The predicted octanol–water partition coefficient (Wildman–Crippen LogP) is 2.07. The van der Waals surface area contributed by atoms with Crippen LogP contribution in [0.5, 0.6) is 0 Å². The molecule has 2 unspecified atom stereocenters. The third-order valence-corrected chi connectivity index (χ3v) is 6.13. The molecule has 7 nitrogen and oxygen atoms in total. The highest BCUT2D eigenvalue weighted by Crippen LogP contribution is 2.30. The molecule has 2 atom stereocenters. The van der Waals surface area contributed by atoms with Crippen molar-refractivity contribution in [3.8, 4) is 0 Å². The van der Waals surface area contributed by atoms with Gasteiger partial charge in [0.2, 0.25) is 17.7 Å². The van der Waals surface area contributed by atoms with Gasteiger partial charge >= 0.3 is 0 Å². The summed E-state index contributed by atoms with van der Waals surface area (Å²) >= 11 is 0. The lowest BCUT2D eigenvalue weighted by Crippen LogP contribution is -2.48. The Bertz CT molecular complexity index is 787. The summed E-state index contributed by atoms with van der Waals surface area (Å²) in [6.07, 6.45) is 2.13. The number of benzene rings is 1. The molecule has 2 aliphatic heterocycles. The minimum absolute atomic E-state index is 0.00676. The zero-order chi connectivity index (χ0) is 21.7. The molecule has 0 bridgehead atoms. The zero-order valence-electron chi connectivity index (χ0n) is 17.8. The van der Waals surface area contributed by atoms with Gasteiger partial charge in [-0.15, -0.1) is 0 Å². The first kappa shape index (κ1) is 22.0. The second kappa shape index (κ2) is 9.87. The first-order chi connectivity index (χ1) is 14.3. The van der Waals surface area contributed by atoms with Gasteiger partial charge in [-0.05, 0) is 32.3 Å². The van der Waals surface area contributed by atoms with E-state index < -0.39 is 0 Å². The lowest BCUT2D eigenvalue weighted by molar-refractivity contribution is -0.137. The van der Waals surface area contributed by atoms with E-state index in [1.165, 1.54) is 6.92 Å². The first-order valence-corrected chi connectivity index (χ1v) is 10.8. The summed E-state index contributed by atoms with van der Waals surface area (Å²) in [7, 11) is 0. The molecule has 1 N–H and O–H groups in total. The minimum Gasteiger partial charge on any atom is -0.353 e. The van der Waals surface area contributed by atoms with Gasteiger partial charge in [-0.3, -0.25) is 14.4 Å². The van der Waals surface area contributed by atoms with Gasteiger partial charge in [-0.2, -0.15) is 0 Å². The van der Waals surface area contributed by atoms with E-state index >= 15 is 0 Å². The van der Waals surface area contributed by atoms with E-state index in [0.29, 0.717) is 32.5 Å². The van der Waals surface area contributed by atoms with Gasteiger partial charge in [0.15, 0.2) is 0 Å². The number of Topliss-reactive ketones (excluding diaryl/α,β-unsaturated/α-hetero) is 1. The first-order valence-electron chi connectivity index (χ1n) is 10.8. The largest absolute Gasteiger partial charge is 0.353 e. The fourth-order valence-corrected chi connectivity index (χ4v) is 4.27. The quantitative estimate of drug-likeness (QED) is 0.741. The Labute approximate surface area is 177 Å². The monoisotopic (exact) mass is 413 g/mol. The Balaban J connectivity index is 1.48. The average Bonchev–Trinajstić information content (AvgIpc) is 3.14. The summed E-state index contributed by atoms with van der Waals surface area (Å²) < 4.78 is 0. The van der Waals surface area contributed by atoms with Gasteiger partial charge in [0.25, 0.3) is 0 Å². The third kappa shape index (κ3) is 5.46. The van der Waals surface area contributed by atoms with Crippen molar-refractivity contribution in [2.24, 2.45) is 5.92 Å². The van der Waals surface area contributed by atoms with Crippen molar-refractivity contribution in [1.29, 1.82) is 0 Å². The van der Waals surface area contributed by atoms with Crippen LogP contribution < -0.4 is 5.32 Å². The number of carbonyl (C=O) groups excluding carboxylic acids is 4. The van der Waals surface area contributed by atoms with Crippen LogP contribution >= 0.6 is 0 Å². The number of nitrogens with one attached hydrogen (secondary N) is 1. The molecule has 7 heteroatoms. The second-order valence-electron chi connectivity index (χ2n) is 8.40. The molecule has 2 aliphatic rings. The highest BCUT2D eigenvalue weighted by Gasteiger charge is 2.39. The Kier molecular flexibility index (Phi) is 7.24. The number of amides is 3. The molecule has 0 aliphatic carbocycles. The molecule has 3 amide bonds. The number of piperidine rings is 1. The Hall–Kier alpha value is -2.70. The standard InChI is InChI=1S/C23H31N3O4/c1-16(27)8-9-21(28)24-20-10-12-25(13-11-20)23(30)19-14-22(29)26(15-19)17(2)18-6-4-3-5-7-18/h3-7,17,19-20H,8-15H2,1-2H3,(H,24,28). The van der Waals surface area contributed by atoms with Gasteiger partial charge in [0, 0.05) is 44.9 Å². The van der Waals surface area contributed by atoms with Gasteiger partial charge < -0.3 is 19.9 Å². The van der Waals surface area contributed by atoms with Crippen LogP contribution in [0.3, 0.4) is 0 Å². The molecule has 0 spiro atoms. The van der Waals surface area contributed by atoms with Crippen molar-refractivity contribution in [2.45, 2.75) is 58.0 Å². The molecule has 0 saturated carbocycles. The summed E-state index contributed by atoms with van der Waals surface area (Å²) in [5, 5.41) is 2.96. The average molecular weight is 414 g/mol. The highest BCUT2D eigenvalue weighted by molar-refractivity contribution is 5.89. The summed E-state index contributed by atoms with van der Waals surface area (Å²) in [4.78, 5) is 52.1. The molecule has 2 saturated heterocycles. The summed E-state index contributed by atoms with van der Waals surface area (Å²) in [6, 6.07) is 9.85. The fourth-order valence-electron chi connectivity index (χ4n) is 4.27. The molecule has 0 aromatic heterocycles. The van der Waals surface area contributed by atoms with Crippen molar-refractivity contribution >= 4 is 23.5 Å². The van der Waals surface area contributed by atoms with Crippen LogP contribution in [-0.2, 0) is 19.2 Å². The summed E-state index contributed by atoms with van der Waals surface area (Å²) in [6.45, 7) is 5.09. The molecule has 3 rings (SSSR count). The topological polar surface area (TPSA) is 86.8 Å². The SMILES string of the molecule is CC(=O)CCC(=O)NC1CCN(C(=O)C2CC(=O)N(C(C)c3ccccc3)C2)CC1. The lowest BCUT2D eigenvalue weighted by atomic mass is 10.0. The smallest absolute Gasteiger partial charge is 0.227 e. The van der Waals surface area contributed by atoms with Crippen LogP contribution in [0.25, 0.3) is 0 Å². The number of rotatable bonds is 7. The van der Waals surface area contributed by atoms with Crippen molar-refractivity contribution in [2.75, 3.05) is 19.6 Å². The molecule has 2 fully saturated rings. The van der Waals surface area contributed by atoms with Crippen LogP contribution in [0.2, 0.25) is 0 Å². The van der Waals surface area contributed by atoms with E-state index in [2.05, 4.69) is 5.32 Å². The van der Waals surface area contributed by atoms with Crippen LogP contribution in [-0.4, -0.2) is 59.0 Å². The molecule has 30 heavy (non-hydrogen) atoms. The number of carbonyl (C=O) groups is 4. The number of nitrogens with zero attached hydrogens (tertiary/aromatic N) is 2. The third-order valence-electron chi connectivity index (χ3n) is 6.13. The van der Waals surface area contributed by atoms with Gasteiger partial charge in [-0.25, -0.2) is 0 Å². The van der Waals surface area contributed by atoms with E-state index in [1.54, 1.807) is 4.90 Å². The second-order valence-corrected chi connectivity index (χ2v) is 8.40. The normalized spacial score (nSPS) is 20.9. The Morgan fingerprint density at radius 2 is 1.77 bits per heavy atom.